The Labute approximate surface area is 126 Å². The normalized spacial score (nSPS) is 15.2. The summed E-state index contributed by atoms with van der Waals surface area (Å²) in [6.07, 6.45) is 3.32. The number of halogens is 1. The second-order valence-electron chi connectivity index (χ2n) is 4.77. The van der Waals surface area contributed by atoms with Gasteiger partial charge in [-0.05, 0) is 12.1 Å². The Morgan fingerprint density at radius 2 is 2.10 bits per heavy atom. The minimum absolute atomic E-state index is 0.152. The van der Waals surface area contributed by atoms with Gasteiger partial charge in [0.25, 0.3) is 5.56 Å². The number of nitrogens with zero attached hydrogens (tertiary/aromatic N) is 4. The van der Waals surface area contributed by atoms with Crippen LogP contribution in [0, 0.1) is 0 Å². The zero-order valence-electron chi connectivity index (χ0n) is 11.4. The number of hydrogen-bond acceptors (Lipinski definition) is 5. The SMILES string of the molecule is O=c1cc(N2CCOCC2)cnn1Cc1cc(Cl)ccn1. The summed E-state index contributed by atoms with van der Waals surface area (Å²) in [5, 5.41) is 4.81. The van der Waals surface area contributed by atoms with Crippen LogP contribution in [-0.2, 0) is 11.3 Å². The third-order valence-corrected chi connectivity index (χ3v) is 3.56. The van der Waals surface area contributed by atoms with E-state index in [1.807, 2.05) is 0 Å². The van der Waals surface area contributed by atoms with E-state index < -0.39 is 0 Å². The minimum atomic E-state index is -0.152. The maximum atomic E-state index is 12.2. The van der Waals surface area contributed by atoms with E-state index in [9.17, 15) is 4.79 Å². The zero-order valence-corrected chi connectivity index (χ0v) is 12.2. The standard InChI is InChI=1S/C14H15ClN4O2/c15-11-1-2-16-12(7-11)10-19-14(20)8-13(9-17-19)18-3-5-21-6-4-18/h1-2,7-9H,3-6,10H2. The molecule has 0 N–H and O–H groups in total. The summed E-state index contributed by atoms with van der Waals surface area (Å²) >= 11 is 5.91. The molecule has 0 aliphatic carbocycles. The van der Waals surface area contributed by atoms with Crippen molar-refractivity contribution in [1.82, 2.24) is 14.8 Å². The Bertz CT molecular complexity index is 683. The molecule has 0 bridgehead atoms. The second-order valence-corrected chi connectivity index (χ2v) is 5.21. The van der Waals surface area contributed by atoms with Gasteiger partial charge in [-0.3, -0.25) is 9.78 Å². The number of rotatable bonds is 3. The van der Waals surface area contributed by atoms with Crippen molar-refractivity contribution in [3.63, 3.8) is 0 Å². The molecule has 2 aromatic rings. The lowest BCUT2D eigenvalue weighted by atomic mass is 10.3. The van der Waals surface area contributed by atoms with Crippen molar-refractivity contribution in [3.8, 4) is 0 Å². The van der Waals surface area contributed by atoms with Crippen molar-refractivity contribution in [2.75, 3.05) is 31.2 Å². The fraction of sp³-hybridized carbons (Fsp3) is 0.357. The van der Waals surface area contributed by atoms with Crippen molar-refractivity contribution in [2.45, 2.75) is 6.54 Å². The van der Waals surface area contributed by atoms with Gasteiger partial charge in [-0.15, -0.1) is 0 Å². The quantitative estimate of drug-likeness (QED) is 0.852. The molecule has 3 heterocycles. The summed E-state index contributed by atoms with van der Waals surface area (Å²) in [5.41, 5.74) is 1.38. The van der Waals surface area contributed by atoms with Crippen molar-refractivity contribution in [3.05, 3.63) is 51.7 Å². The molecule has 7 heteroatoms. The van der Waals surface area contributed by atoms with Crippen LogP contribution in [0.5, 0.6) is 0 Å². The van der Waals surface area contributed by atoms with Crippen LogP contribution < -0.4 is 10.5 Å². The van der Waals surface area contributed by atoms with Crippen molar-refractivity contribution in [1.29, 1.82) is 0 Å². The van der Waals surface area contributed by atoms with Crippen LogP contribution in [0.1, 0.15) is 5.69 Å². The van der Waals surface area contributed by atoms with Crippen LogP contribution >= 0.6 is 11.6 Å². The largest absolute Gasteiger partial charge is 0.378 e. The monoisotopic (exact) mass is 306 g/mol. The molecule has 1 saturated heterocycles. The molecule has 0 radical (unpaired) electrons. The van der Waals surface area contributed by atoms with E-state index in [1.54, 1.807) is 30.6 Å². The van der Waals surface area contributed by atoms with Crippen LogP contribution in [0.4, 0.5) is 5.69 Å². The van der Waals surface area contributed by atoms with Crippen LogP contribution in [0.25, 0.3) is 0 Å². The van der Waals surface area contributed by atoms with Gasteiger partial charge in [0.05, 0.1) is 37.3 Å². The predicted molar refractivity (Wildman–Crippen MR) is 79.9 cm³/mol. The molecule has 1 aliphatic heterocycles. The van der Waals surface area contributed by atoms with Gasteiger partial charge in [-0.1, -0.05) is 11.6 Å². The topological polar surface area (TPSA) is 60.3 Å². The summed E-state index contributed by atoms with van der Waals surface area (Å²) in [6, 6.07) is 5.03. The number of ether oxygens (including phenoxy) is 1. The molecule has 6 nitrogen and oxygen atoms in total. The molecule has 0 amide bonds. The second kappa shape index (κ2) is 6.24. The Kier molecular flexibility index (Phi) is 4.17. The van der Waals surface area contributed by atoms with E-state index in [-0.39, 0.29) is 5.56 Å². The Morgan fingerprint density at radius 1 is 1.29 bits per heavy atom. The van der Waals surface area contributed by atoms with Crippen molar-refractivity contribution >= 4 is 17.3 Å². The van der Waals surface area contributed by atoms with Crippen LogP contribution in [0.2, 0.25) is 5.02 Å². The molecule has 0 saturated carbocycles. The molecule has 1 aliphatic rings. The van der Waals surface area contributed by atoms with Gasteiger partial charge < -0.3 is 9.64 Å². The lowest BCUT2D eigenvalue weighted by molar-refractivity contribution is 0.122. The maximum Gasteiger partial charge on any atom is 0.269 e. The molecule has 0 unspecified atom stereocenters. The number of anilines is 1. The Hall–Kier alpha value is -1.92. The van der Waals surface area contributed by atoms with Crippen LogP contribution in [0.15, 0.2) is 35.4 Å². The first-order valence-corrected chi connectivity index (χ1v) is 7.10. The van der Waals surface area contributed by atoms with E-state index in [2.05, 4.69) is 15.0 Å². The average Bonchev–Trinajstić information content (AvgIpc) is 2.50. The smallest absolute Gasteiger partial charge is 0.269 e. The van der Waals surface area contributed by atoms with Gasteiger partial charge in [0.15, 0.2) is 0 Å². The highest BCUT2D eigenvalue weighted by atomic mass is 35.5. The van der Waals surface area contributed by atoms with E-state index in [1.165, 1.54) is 4.68 Å². The van der Waals surface area contributed by atoms with E-state index in [4.69, 9.17) is 16.3 Å². The zero-order chi connectivity index (χ0) is 14.7. The molecule has 3 rings (SSSR count). The van der Waals surface area contributed by atoms with Gasteiger partial charge in [0.1, 0.15) is 0 Å². The number of morpholine rings is 1. The highest BCUT2D eigenvalue weighted by Crippen LogP contribution is 2.12. The Morgan fingerprint density at radius 3 is 2.81 bits per heavy atom. The predicted octanol–water partition coefficient (Wildman–Crippen LogP) is 1.18. The summed E-state index contributed by atoms with van der Waals surface area (Å²) < 4.78 is 6.68. The summed E-state index contributed by atoms with van der Waals surface area (Å²) in [6.45, 7) is 3.22. The van der Waals surface area contributed by atoms with E-state index in [0.29, 0.717) is 30.5 Å². The van der Waals surface area contributed by atoms with Crippen molar-refractivity contribution < 1.29 is 4.74 Å². The maximum absolute atomic E-state index is 12.2. The van der Waals surface area contributed by atoms with Gasteiger partial charge in [0.2, 0.25) is 0 Å². The first-order valence-electron chi connectivity index (χ1n) is 6.73. The molecule has 21 heavy (non-hydrogen) atoms. The van der Waals surface area contributed by atoms with Crippen LogP contribution in [-0.4, -0.2) is 41.1 Å². The van der Waals surface area contributed by atoms with Gasteiger partial charge in [-0.2, -0.15) is 5.10 Å². The third kappa shape index (κ3) is 3.40. The third-order valence-electron chi connectivity index (χ3n) is 3.32. The van der Waals surface area contributed by atoms with Gasteiger partial charge >= 0.3 is 0 Å². The molecule has 0 atom stereocenters. The highest BCUT2D eigenvalue weighted by Gasteiger charge is 2.13. The fourth-order valence-electron chi connectivity index (χ4n) is 2.23. The summed E-state index contributed by atoms with van der Waals surface area (Å²) in [7, 11) is 0. The molecule has 110 valence electrons. The summed E-state index contributed by atoms with van der Waals surface area (Å²) in [4.78, 5) is 18.4. The molecule has 2 aromatic heterocycles. The molecule has 1 fully saturated rings. The van der Waals surface area contributed by atoms with Crippen molar-refractivity contribution in [2.24, 2.45) is 0 Å². The van der Waals surface area contributed by atoms with Crippen LogP contribution in [0.3, 0.4) is 0 Å². The first kappa shape index (κ1) is 14.0. The number of aromatic nitrogens is 3. The summed E-state index contributed by atoms with van der Waals surface area (Å²) in [5.74, 6) is 0. The molecule has 0 spiro atoms. The average molecular weight is 307 g/mol. The van der Waals surface area contributed by atoms with Gasteiger partial charge in [-0.25, -0.2) is 4.68 Å². The molecule has 0 aromatic carbocycles. The fourth-order valence-corrected chi connectivity index (χ4v) is 2.41. The van der Waals surface area contributed by atoms with E-state index >= 15 is 0 Å². The minimum Gasteiger partial charge on any atom is -0.378 e. The molecular weight excluding hydrogens is 292 g/mol. The van der Waals surface area contributed by atoms with Gasteiger partial charge in [0, 0.05) is 30.4 Å². The highest BCUT2D eigenvalue weighted by molar-refractivity contribution is 6.30. The number of pyridine rings is 1. The van der Waals surface area contributed by atoms with E-state index in [0.717, 1.165) is 18.8 Å². The molecular formula is C14H15ClN4O2. The number of hydrogen-bond donors (Lipinski definition) is 0. The first-order chi connectivity index (χ1) is 10.2. The Balaban J connectivity index is 1.79. The lowest BCUT2D eigenvalue weighted by Crippen LogP contribution is -2.37. The lowest BCUT2D eigenvalue weighted by Gasteiger charge is -2.28.